The SMILES string of the molecule is C[NH+]1CCN(c2ccc(NC(=O)COc3ccccc3)cc2Cl)CC1. The van der Waals surface area contributed by atoms with E-state index in [9.17, 15) is 4.79 Å². The van der Waals surface area contributed by atoms with Gasteiger partial charge in [0.2, 0.25) is 0 Å². The second-order valence-corrected chi connectivity index (χ2v) is 6.67. The van der Waals surface area contributed by atoms with Crippen LogP contribution in [0.15, 0.2) is 48.5 Å². The lowest BCUT2D eigenvalue weighted by molar-refractivity contribution is -0.880. The second-order valence-electron chi connectivity index (χ2n) is 6.26. The highest BCUT2D eigenvalue weighted by atomic mass is 35.5. The van der Waals surface area contributed by atoms with Crippen LogP contribution in [-0.4, -0.2) is 45.7 Å². The fourth-order valence-electron chi connectivity index (χ4n) is 2.83. The minimum Gasteiger partial charge on any atom is -0.484 e. The van der Waals surface area contributed by atoms with Crippen LogP contribution in [0, 0.1) is 0 Å². The Morgan fingerprint density at radius 1 is 1.20 bits per heavy atom. The van der Waals surface area contributed by atoms with Crippen LogP contribution in [0.4, 0.5) is 11.4 Å². The molecule has 0 atom stereocenters. The van der Waals surface area contributed by atoms with E-state index in [1.807, 2.05) is 42.5 Å². The van der Waals surface area contributed by atoms with Crippen LogP contribution < -0.4 is 19.9 Å². The lowest BCUT2D eigenvalue weighted by Gasteiger charge is -2.32. The van der Waals surface area contributed by atoms with E-state index in [0.717, 1.165) is 31.9 Å². The second kappa shape index (κ2) is 8.23. The Bertz CT molecular complexity index is 716. The molecule has 25 heavy (non-hydrogen) atoms. The summed E-state index contributed by atoms with van der Waals surface area (Å²) in [5.41, 5.74) is 1.70. The van der Waals surface area contributed by atoms with Gasteiger partial charge in [-0.3, -0.25) is 4.79 Å². The molecule has 0 spiro atoms. The largest absolute Gasteiger partial charge is 0.484 e. The van der Waals surface area contributed by atoms with Crippen molar-refractivity contribution in [2.45, 2.75) is 0 Å². The third-order valence-corrected chi connectivity index (χ3v) is 4.60. The number of nitrogens with one attached hydrogen (secondary N) is 2. The molecule has 1 amide bonds. The Hall–Kier alpha value is -2.24. The summed E-state index contributed by atoms with van der Waals surface area (Å²) in [6, 6.07) is 14.9. The number of hydrogen-bond acceptors (Lipinski definition) is 3. The first-order chi connectivity index (χ1) is 12.1. The summed E-state index contributed by atoms with van der Waals surface area (Å²) in [4.78, 5) is 15.9. The molecule has 0 radical (unpaired) electrons. The molecular formula is C19H23ClN3O2+. The van der Waals surface area contributed by atoms with Crippen molar-refractivity contribution in [1.29, 1.82) is 0 Å². The van der Waals surface area contributed by atoms with Gasteiger partial charge in [-0.25, -0.2) is 0 Å². The summed E-state index contributed by atoms with van der Waals surface area (Å²) >= 11 is 6.42. The Morgan fingerprint density at radius 2 is 1.92 bits per heavy atom. The van der Waals surface area contributed by atoms with Crippen molar-refractivity contribution in [1.82, 2.24) is 0 Å². The maximum Gasteiger partial charge on any atom is 0.262 e. The molecule has 0 saturated carbocycles. The number of benzene rings is 2. The number of amides is 1. The van der Waals surface area contributed by atoms with E-state index < -0.39 is 0 Å². The predicted molar refractivity (Wildman–Crippen MR) is 101 cm³/mol. The first-order valence-electron chi connectivity index (χ1n) is 8.45. The van der Waals surface area contributed by atoms with Crippen molar-refractivity contribution >= 4 is 28.9 Å². The molecule has 2 aromatic carbocycles. The van der Waals surface area contributed by atoms with Gasteiger partial charge in [-0.2, -0.15) is 0 Å². The molecule has 0 bridgehead atoms. The topological polar surface area (TPSA) is 46.0 Å². The molecule has 1 aliphatic rings. The van der Waals surface area contributed by atoms with E-state index in [0.29, 0.717) is 16.5 Å². The number of hydrogen-bond donors (Lipinski definition) is 2. The third-order valence-electron chi connectivity index (χ3n) is 4.30. The molecule has 1 saturated heterocycles. The van der Waals surface area contributed by atoms with Gasteiger partial charge in [-0.15, -0.1) is 0 Å². The van der Waals surface area contributed by atoms with Crippen molar-refractivity contribution in [3.8, 4) is 5.75 Å². The summed E-state index contributed by atoms with van der Waals surface area (Å²) in [7, 11) is 2.20. The van der Waals surface area contributed by atoms with Crippen molar-refractivity contribution in [2.75, 3.05) is 50.1 Å². The van der Waals surface area contributed by atoms with Crippen molar-refractivity contribution in [3.05, 3.63) is 53.6 Å². The van der Waals surface area contributed by atoms with Gasteiger partial charge in [-0.05, 0) is 30.3 Å². The Kier molecular flexibility index (Phi) is 5.79. The fraction of sp³-hybridized carbons (Fsp3) is 0.316. The normalized spacial score (nSPS) is 15.0. The average Bonchev–Trinajstić information content (AvgIpc) is 2.62. The van der Waals surface area contributed by atoms with Crippen LogP contribution in [0.2, 0.25) is 5.02 Å². The summed E-state index contributed by atoms with van der Waals surface area (Å²) in [5, 5.41) is 3.47. The standard InChI is InChI=1S/C19H22ClN3O2/c1-22-9-11-23(12-10-22)18-8-7-15(13-17(18)20)21-19(24)14-25-16-5-3-2-4-6-16/h2-8,13H,9-12,14H2,1H3,(H,21,24)/p+1. The van der Waals surface area contributed by atoms with Crippen LogP contribution in [0.25, 0.3) is 0 Å². The number of quaternary nitrogens is 1. The average molecular weight is 361 g/mol. The minimum absolute atomic E-state index is 0.0371. The van der Waals surface area contributed by atoms with Crippen LogP contribution in [0.1, 0.15) is 0 Å². The van der Waals surface area contributed by atoms with Crippen molar-refractivity contribution in [3.63, 3.8) is 0 Å². The predicted octanol–water partition coefficient (Wildman–Crippen LogP) is 1.69. The first kappa shape index (κ1) is 17.6. The van der Waals surface area contributed by atoms with E-state index in [-0.39, 0.29) is 12.5 Å². The smallest absolute Gasteiger partial charge is 0.262 e. The lowest BCUT2D eigenvalue weighted by Crippen LogP contribution is -3.12. The van der Waals surface area contributed by atoms with E-state index in [1.165, 1.54) is 4.90 Å². The van der Waals surface area contributed by atoms with E-state index in [4.69, 9.17) is 16.3 Å². The Labute approximate surface area is 153 Å². The van der Waals surface area contributed by atoms with Gasteiger partial charge in [0.05, 0.1) is 43.9 Å². The summed E-state index contributed by atoms with van der Waals surface area (Å²) < 4.78 is 5.44. The maximum atomic E-state index is 12.0. The summed E-state index contributed by atoms with van der Waals surface area (Å²) in [5.74, 6) is 0.457. The van der Waals surface area contributed by atoms with Crippen molar-refractivity contribution < 1.29 is 14.4 Å². The van der Waals surface area contributed by atoms with Crippen LogP contribution >= 0.6 is 11.6 Å². The van der Waals surface area contributed by atoms with Gasteiger partial charge in [-0.1, -0.05) is 29.8 Å². The van der Waals surface area contributed by atoms with Crippen LogP contribution in [0.3, 0.4) is 0 Å². The molecule has 0 unspecified atom stereocenters. The van der Waals surface area contributed by atoms with Gasteiger partial charge in [0.15, 0.2) is 6.61 Å². The van der Waals surface area contributed by atoms with Crippen molar-refractivity contribution in [2.24, 2.45) is 0 Å². The number of anilines is 2. The van der Waals surface area contributed by atoms with Gasteiger partial charge in [0, 0.05) is 5.69 Å². The van der Waals surface area contributed by atoms with Crippen LogP contribution in [-0.2, 0) is 4.79 Å². The molecule has 0 aliphatic carbocycles. The molecule has 1 fully saturated rings. The van der Waals surface area contributed by atoms with Gasteiger partial charge < -0.3 is 19.9 Å². The number of ether oxygens (including phenoxy) is 1. The maximum absolute atomic E-state index is 12.0. The Morgan fingerprint density at radius 3 is 2.60 bits per heavy atom. The van der Waals surface area contributed by atoms with Gasteiger partial charge in [0.25, 0.3) is 5.91 Å². The van der Waals surface area contributed by atoms with E-state index >= 15 is 0 Å². The molecule has 0 aromatic heterocycles. The number of nitrogens with zero attached hydrogens (tertiary/aromatic N) is 1. The monoisotopic (exact) mass is 360 g/mol. The molecule has 5 nitrogen and oxygen atoms in total. The molecular weight excluding hydrogens is 338 g/mol. The number of carbonyl (C=O) groups is 1. The summed E-state index contributed by atoms with van der Waals surface area (Å²) in [6.07, 6.45) is 0. The number of rotatable bonds is 5. The number of piperazine rings is 1. The number of halogens is 1. The third kappa shape index (κ3) is 4.87. The zero-order chi connectivity index (χ0) is 17.6. The highest BCUT2D eigenvalue weighted by molar-refractivity contribution is 6.33. The summed E-state index contributed by atoms with van der Waals surface area (Å²) in [6.45, 7) is 4.15. The number of carbonyl (C=O) groups excluding carboxylic acids is 1. The molecule has 1 heterocycles. The van der Waals surface area contributed by atoms with E-state index in [2.05, 4.69) is 17.3 Å². The minimum atomic E-state index is -0.212. The molecule has 1 aliphatic heterocycles. The zero-order valence-electron chi connectivity index (χ0n) is 14.3. The Balaban J connectivity index is 1.56. The number of para-hydroxylation sites is 1. The van der Waals surface area contributed by atoms with Gasteiger partial charge in [0.1, 0.15) is 5.75 Å². The van der Waals surface area contributed by atoms with Gasteiger partial charge >= 0.3 is 0 Å². The quantitative estimate of drug-likeness (QED) is 0.853. The molecule has 3 rings (SSSR count). The highest BCUT2D eigenvalue weighted by Gasteiger charge is 2.19. The molecule has 6 heteroatoms. The van der Waals surface area contributed by atoms with Crippen LogP contribution in [0.5, 0.6) is 5.75 Å². The fourth-order valence-corrected chi connectivity index (χ4v) is 3.13. The van der Waals surface area contributed by atoms with E-state index in [1.54, 1.807) is 6.07 Å². The first-order valence-corrected chi connectivity index (χ1v) is 8.83. The highest BCUT2D eigenvalue weighted by Crippen LogP contribution is 2.28. The molecule has 2 aromatic rings. The molecule has 2 N–H and O–H groups in total. The number of likely N-dealkylation sites (N-methyl/N-ethyl adjacent to an activating group) is 1. The molecule has 132 valence electrons. The lowest BCUT2D eigenvalue weighted by atomic mass is 10.2. The zero-order valence-corrected chi connectivity index (χ0v) is 15.1.